The van der Waals surface area contributed by atoms with Gasteiger partial charge < -0.3 is 11.1 Å². The zero-order valence-corrected chi connectivity index (χ0v) is 7.68. The number of aromatic nitrogens is 4. The lowest BCUT2D eigenvalue weighted by Gasteiger charge is -2.07. The maximum atomic E-state index is 5.61. The number of hydrogen-bond donors (Lipinski definition) is 2. The summed E-state index contributed by atoms with van der Waals surface area (Å²) >= 11 is 0. The molecular weight excluding hydrogens is 180 g/mol. The third-order valence-electron chi connectivity index (χ3n) is 1.80. The van der Waals surface area contributed by atoms with Gasteiger partial charge in [-0.1, -0.05) is 5.21 Å². The fourth-order valence-electron chi connectivity index (χ4n) is 1.16. The van der Waals surface area contributed by atoms with Crippen molar-refractivity contribution < 1.29 is 0 Å². The van der Waals surface area contributed by atoms with Crippen LogP contribution in [-0.4, -0.2) is 27.0 Å². The van der Waals surface area contributed by atoms with Crippen LogP contribution in [0.4, 0.5) is 11.4 Å². The third kappa shape index (κ3) is 1.37. The fraction of sp³-hybridized carbons (Fsp3) is 0.125. The molecule has 0 aliphatic rings. The first-order valence-electron chi connectivity index (χ1n) is 4.11. The highest BCUT2D eigenvalue weighted by Gasteiger charge is 2.05. The van der Waals surface area contributed by atoms with E-state index < -0.39 is 0 Å². The predicted molar refractivity (Wildman–Crippen MR) is 53.1 cm³/mol. The fourth-order valence-corrected chi connectivity index (χ4v) is 1.16. The molecule has 6 heteroatoms. The van der Waals surface area contributed by atoms with Crippen molar-refractivity contribution >= 4 is 11.4 Å². The highest BCUT2D eigenvalue weighted by molar-refractivity contribution is 5.61. The van der Waals surface area contributed by atoms with Crippen molar-refractivity contribution in [1.82, 2.24) is 20.0 Å². The van der Waals surface area contributed by atoms with E-state index in [1.54, 1.807) is 36.4 Å². The smallest absolute Gasteiger partial charge is 0.178 e. The molecule has 14 heavy (non-hydrogen) atoms. The first kappa shape index (κ1) is 8.49. The normalized spacial score (nSPS) is 10.1. The Kier molecular flexibility index (Phi) is 2.02. The number of anilines is 2. The topological polar surface area (TPSA) is 81.6 Å². The monoisotopic (exact) mass is 190 g/mol. The van der Waals surface area contributed by atoms with Crippen LogP contribution in [0.3, 0.4) is 0 Å². The molecule has 0 amide bonds. The molecule has 0 aliphatic carbocycles. The largest absolute Gasteiger partial charge is 0.397 e. The third-order valence-corrected chi connectivity index (χ3v) is 1.80. The van der Waals surface area contributed by atoms with Gasteiger partial charge in [0.25, 0.3) is 0 Å². The summed E-state index contributed by atoms with van der Waals surface area (Å²) in [6.45, 7) is 0. The Morgan fingerprint density at radius 1 is 1.50 bits per heavy atom. The van der Waals surface area contributed by atoms with E-state index in [1.807, 2.05) is 0 Å². The van der Waals surface area contributed by atoms with Crippen LogP contribution in [-0.2, 0) is 0 Å². The summed E-state index contributed by atoms with van der Waals surface area (Å²) in [5.41, 5.74) is 7.03. The van der Waals surface area contributed by atoms with Gasteiger partial charge in [0, 0.05) is 7.05 Å². The molecule has 0 saturated carbocycles. The molecule has 0 aliphatic heterocycles. The van der Waals surface area contributed by atoms with Crippen molar-refractivity contribution in [3.63, 3.8) is 0 Å². The van der Waals surface area contributed by atoms with Crippen molar-refractivity contribution in [2.75, 3.05) is 18.1 Å². The number of nitrogens with one attached hydrogen (secondary N) is 1. The van der Waals surface area contributed by atoms with Gasteiger partial charge in [-0.25, -0.2) is 9.67 Å². The minimum Gasteiger partial charge on any atom is -0.397 e. The minimum absolute atomic E-state index is 0.609. The van der Waals surface area contributed by atoms with Crippen molar-refractivity contribution in [2.24, 2.45) is 0 Å². The summed E-state index contributed by atoms with van der Waals surface area (Å²) in [6.07, 6.45) is 4.90. The van der Waals surface area contributed by atoms with Gasteiger partial charge in [0.15, 0.2) is 5.82 Å². The SMILES string of the molecule is CNc1cc(N)cnc1-n1ccnn1. The van der Waals surface area contributed by atoms with Crippen LogP contribution in [0.2, 0.25) is 0 Å². The molecule has 2 aromatic rings. The van der Waals surface area contributed by atoms with E-state index in [4.69, 9.17) is 5.73 Å². The number of rotatable bonds is 2. The second kappa shape index (κ2) is 3.33. The van der Waals surface area contributed by atoms with Crippen LogP contribution in [0.1, 0.15) is 0 Å². The molecule has 2 rings (SSSR count). The Morgan fingerprint density at radius 3 is 3.00 bits per heavy atom. The lowest BCUT2D eigenvalue weighted by atomic mass is 10.3. The molecule has 0 radical (unpaired) electrons. The Labute approximate surface area is 80.8 Å². The Balaban J connectivity index is 2.53. The number of pyridine rings is 1. The first-order valence-corrected chi connectivity index (χ1v) is 4.11. The average molecular weight is 190 g/mol. The van der Waals surface area contributed by atoms with Crippen LogP contribution in [0.15, 0.2) is 24.7 Å². The van der Waals surface area contributed by atoms with Gasteiger partial charge in [-0.15, -0.1) is 5.10 Å². The Hall–Kier alpha value is -2.11. The van der Waals surface area contributed by atoms with Crippen LogP contribution in [0, 0.1) is 0 Å². The van der Waals surface area contributed by atoms with E-state index in [9.17, 15) is 0 Å². The van der Waals surface area contributed by atoms with Crippen molar-refractivity contribution in [3.8, 4) is 5.82 Å². The molecule has 0 bridgehead atoms. The van der Waals surface area contributed by atoms with Crippen LogP contribution >= 0.6 is 0 Å². The molecular formula is C8H10N6. The molecule has 0 atom stereocenters. The van der Waals surface area contributed by atoms with E-state index in [-0.39, 0.29) is 0 Å². The molecule has 2 heterocycles. The highest BCUT2D eigenvalue weighted by atomic mass is 15.4. The summed E-state index contributed by atoms with van der Waals surface area (Å²) < 4.78 is 1.57. The van der Waals surface area contributed by atoms with Crippen LogP contribution < -0.4 is 11.1 Å². The lowest BCUT2D eigenvalue weighted by molar-refractivity contribution is 0.783. The highest BCUT2D eigenvalue weighted by Crippen LogP contribution is 2.18. The Bertz CT molecular complexity index is 421. The maximum Gasteiger partial charge on any atom is 0.178 e. The standard InChI is InChI=1S/C8H10N6/c1-10-7-4-6(9)5-11-8(7)14-3-2-12-13-14/h2-5,10H,9H2,1H3. The number of nitrogen functional groups attached to an aromatic ring is 1. The average Bonchev–Trinajstić information content (AvgIpc) is 2.70. The molecule has 0 spiro atoms. The van der Waals surface area contributed by atoms with Crippen LogP contribution in [0.25, 0.3) is 5.82 Å². The van der Waals surface area contributed by atoms with Gasteiger partial charge in [-0.2, -0.15) is 0 Å². The van der Waals surface area contributed by atoms with E-state index in [0.29, 0.717) is 11.5 Å². The molecule has 0 aromatic carbocycles. The lowest BCUT2D eigenvalue weighted by Crippen LogP contribution is -2.04. The molecule has 0 fully saturated rings. The van der Waals surface area contributed by atoms with Crippen molar-refractivity contribution in [2.45, 2.75) is 0 Å². The number of nitrogens with two attached hydrogens (primary N) is 1. The summed E-state index contributed by atoms with van der Waals surface area (Å²) in [5.74, 6) is 0.680. The Morgan fingerprint density at radius 2 is 2.36 bits per heavy atom. The summed E-state index contributed by atoms with van der Waals surface area (Å²) in [5, 5.41) is 10.6. The minimum atomic E-state index is 0.609. The summed E-state index contributed by atoms with van der Waals surface area (Å²) in [7, 11) is 1.80. The summed E-state index contributed by atoms with van der Waals surface area (Å²) in [6, 6.07) is 1.80. The molecule has 72 valence electrons. The molecule has 0 unspecified atom stereocenters. The van der Waals surface area contributed by atoms with Gasteiger partial charge in [0.1, 0.15) is 0 Å². The van der Waals surface area contributed by atoms with Gasteiger partial charge >= 0.3 is 0 Å². The van der Waals surface area contributed by atoms with Gasteiger partial charge in [-0.3, -0.25) is 0 Å². The molecule has 6 nitrogen and oxygen atoms in total. The molecule has 3 N–H and O–H groups in total. The number of hydrogen-bond acceptors (Lipinski definition) is 5. The first-order chi connectivity index (χ1) is 6.81. The second-order valence-electron chi connectivity index (χ2n) is 2.74. The van der Waals surface area contributed by atoms with Crippen molar-refractivity contribution in [3.05, 3.63) is 24.7 Å². The summed E-state index contributed by atoms with van der Waals surface area (Å²) in [4.78, 5) is 4.16. The van der Waals surface area contributed by atoms with Gasteiger partial charge in [0.2, 0.25) is 0 Å². The zero-order valence-electron chi connectivity index (χ0n) is 7.68. The van der Waals surface area contributed by atoms with Gasteiger partial charge in [0.05, 0.1) is 30.0 Å². The van der Waals surface area contributed by atoms with Crippen LogP contribution in [0.5, 0.6) is 0 Å². The van der Waals surface area contributed by atoms with Gasteiger partial charge in [-0.05, 0) is 6.07 Å². The molecule has 2 aromatic heterocycles. The van der Waals surface area contributed by atoms with E-state index in [1.165, 1.54) is 0 Å². The quantitative estimate of drug-likeness (QED) is 0.711. The molecule has 0 saturated heterocycles. The number of nitrogens with zero attached hydrogens (tertiary/aromatic N) is 4. The zero-order chi connectivity index (χ0) is 9.97. The van der Waals surface area contributed by atoms with E-state index in [0.717, 1.165) is 5.69 Å². The maximum absolute atomic E-state index is 5.61. The second-order valence-corrected chi connectivity index (χ2v) is 2.74. The van der Waals surface area contributed by atoms with E-state index in [2.05, 4.69) is 20.6 Å². The predicted octanol–water partition coefficient (Wildman–Crippen LogP) is 0.286. The van der Waals surface area contributed by atoms with Crippen molar-refractivity contribution in [1.29, 1.82) is 0 Å². The van der Waals surface area contributed by atoms with E-state index >= 15 is 0 Å².